The second-order valence-electron chi connectivity index (χ2n) is 5.82. The number of carbonyl (C=O) groups excluding carboxylic acids is 1. The molecule has 10 heteroatoms. The number of nitrogens with zero attached hydrogens (tertiary/aromatic N) is 5. The Balaban J connectivity index is 1.63. The predicted octanol–water partition coefficient (Wildman–Crippen LogP) is 2.90. The molecule has 0 aliphatic heterocycles. The summed E-state index contributed by atoms with van der Waals surface area (Å²) in [6.45, 7) is 1.26. The van der Waals surface area contributed by atoms with E-state index in [2.05, 4.69) is 25.9 Å². The highest BCUT2D eigenvalue weighted by Gasteiger charge is 2.30. The zero-order valence-electron chi connectivity index (χ0n) is 14.7. The van der Waals surface area contributed by atoms with Gasteiger partial charge in [0.05, 0.1) is 11.3 Å². The van der Waals surface area contributed by atoms with Crippen molar-refractivity contribution < 1.29 is 18.0 Å². The third-order valence-corrected chi connectivity index (χ3v) is 3.73. The molecule has 7 nitrogen and oxygen atoms in total. The van der Waals surface area contributed by atoms with Crippen LogP contribution in [0.1, 0.15) is 18.1 Å². The van der Waals surface area contributed by atoms with Crippen LogP contribution in [-0.4, -0.2) is 31.8 Å². The lowest BCUT2D eigenvalue weighted by Gasteiger charge is -2.08. The molecule has 3 aromatic rings. The van der Waals surface area contributed by atoms with Gasteiger partial charge < -0.3 is 0 Å². The van der Waals surface area contributed by atoms with Crippen LogP contribution in [0.25, 0.3) is 11.4 Å². The molecule has 1 aromatic heterocycles. The van der Waals surface area contributed by atoms with Crippen LogP contribution >= 0.6 is 0 Å². The molecule has 0 aliphatic rings. The van der Waals surface area contributed by atoms with E-state index in [4.69, 9.17) is 0 Å². The highest BCUT2D eigenvalue weighted by Crippen LogP contribution is 2.29. The normalized spacial score (nSPS) is 12.1. The van der Waals surface area contributed by atoms with Gasteiger partial charge in [0.1, 0.15) is 6.54 Å². The van der Waals surface area contributed by atoms with Crippen molar-refractivity contribution in [2.45, 2.75) is 19.6 Å². The molecule has 1 amide bonds. The van der Waals surface area contributed by atoms with E-state index in [0.29, 0.717) is 5.82 Å². The van der Waals surface area contributed by atoms with E-state index in [-0.39, 0.29) is 17.8 Å². The molecule has 0 radical (unpaired) electrons. The lowest BCUT2D eigenvalue weighted by Crippen LogP contribution is -2.25. The van der Waals surface area contributed by atoms with Crippen molar-refractivity contribution in [1.82, 2.24) is 25.6 Å². The van der Waals surface area contributed by atoms with Crippen LogP contribution in [0.3, 0.4) is 0 Å². The number of amides is 1. The van der Waals surface area contributed by atoms with Crippen molar-refractivity contribution in [3.63, 3.8) is 0 Å². The van der Waals surface area contributed by atoms with Crippen LogP contribution in [0.2, 0.25) is 0 Å². The van der Waals surface area contributed by atoms with Gasteiger partial charge in [-0.1, -0.05) is 42.5 Å². The Kier molecular flexibility index (Phi) is 5.48. The largest absolute Gasteiger partial charge is 0.416 e. The van der Waals surface area contributed by atoms with E-state index < -0.39 is 17.6 Å². The van der Waals surface area contributed by atoms with Gasteiger partial charge in [0, 0.05) is 5.56 Å². The van der Waals surface area contributed by atoms with E-state index >= 15 is 0 Å². The lowest BCUT2D eigenvalue weighted by molar-refractivity contribution is -0.137. The Morgan fingerprint density at radius 2 is 1.89 bits per heavy atom. The second-order valence-corrected chi connectivity index (χ2v) is 5.82. The number of benzene rings is 2. The summed E-state index contributed by atoms with van der Waals surface area (Å²) in [6, 6.07) is 13.8. The van der Waals surface area contributed by atoms with Gasteiger partial charge in [0.2, 0.25) is 5.82 Å². The highest BCUT2D eigenvalue weighted by atomic mass is 19.4. The Hall–Kier alpha value is -3.56. The van der Waals surface area contributed by atoms with E-state index in [9.17, 15) is 18.0 Å². The van der Waals surface area contributed by atoms with E-state index in [1.54, 1.807) is 0 Å². The number of nitrogens with one attached hydrogen (secondary N) is 1. The molecule has 144 valence electrons. The van der Waals surface area contributed by atoms with Gasteiger partial charge in [0.25, 0.3) is 5.91 Å². The second kappa shape index (κ2) is 7.99. The number of rotatable bonds is 5. The first-order valence-electron chi connectivity index (χ1n) is 8.17. The highest BCUT2D eigenvalue weighted by molar-refractivity contribution is 5.99. The minimum atomic E-state index is -4.45. The number of tetrazole rings is 1. The summed E-state index contributed by atoms with van der Waals surface area (Å²) in [4.78, 5) is 13.1. The molecule has 0 saturated heterocycles. The maximum atomic E-state index is 12.8. The molecule has 0 aliphatic carbocycles. The molecule has 1 heterocycles. The topological polar surface area (TPSA) is 85.1 Å². The summed E-state index contributed by atoms with van der Waals surface area (Å²) in [5, 5.41) is 15.6. The maximum absolute atomic E-state index is 12.8. The number of carbonyl (C=O) groups is 1. The van der Waals surface area contributed by atoms with E-state index in [0.717, 1.165) is 22.5 Å². The first-order chi connectivity index (χ1) is 13.3. The van der Waals surface area contributed by atoms with Gasteiger partial charge in [0.15, 0.2) is 0 Å². The minimum Gasteiger partial charge on any atom is -0.271 e. The Labute approximate surface area is 157 Å². The van der Waals surface area contributed by atoms with Crippen LogP contribution in [-0.2, 0) is 17.5 Å². The van der Waals surface area contributed by atoms with Crippen LogP contribution in [0, 0.1) is 0 Å². The molecule has 0 fully saturated rings. The minimum absolute atomic E-state index is 0.232. The van der Waals surface area contributed by atoms with Gasteiger partial charge in [-0.3, -0.25) is 4.79 Å². The average Bonchev–Trinajstić information content (AvgIpc) is 3.14. The summed E-state index contributed by atoms with van der Waals surface area (Å²) in [5.41, 5.74) is 2.73. The lowest BCUT2D eigenvalue weighted by atomic mass is 10.1. The fourth-order valence-electron chi connectivity index (χ4n) is 2.31. The van der Waals surface area contributed by atoms with Gasteiger partial charge in [-0.15, -0.1) is 10.2 Å². The molecule has 3 rings (SSSR count). The molecular formula is C18H15F3N6O. The Morgan fingerprint density at radius 1 is 1.14 bits per heavy atom. The van der Waals surface area contributed by atoms with Crippen molar-refractivity contribution in [1.29, 1.82) is 0 Å². The monoisotopic (exact) mass is 388 g/mol. The molecule has 2 aromatic carbocycles. The molecule has 0 unspecified atom stereocenters. The van der Waals surface area contributed by atoms with Crippen molar-refractivity contribution in [3.05, 3.63) is 65.7 Å². The summed E-state index contributed by atoms with van der Waals surface area (Å²) in [7, 11) is 0. The molecule has 0 atom stereocenters. The van der Waals surface area contributed by atoms with Gasteiger partial charge >= 0.3 is 6.18 Å². The summed E-state index contributed by atoms with van der Waals surface area (Å²) >= 11 is 0. The third-order valence-electron chi connectivity index (χ3n) is 3.73. The Bertz CT molecular complexity index is 998. The van der Waals surface area contributed by atoms with Gasteiger partial charge in [-0.05, 0) is 29.8 Å². The Morgan fingerprint density at radius 3 is 2.61 bits per heavy atom. The van der Waals surface area contributed by atoms with Gasteiger partial charge in [-0.25, -0.2) is 5.43 Å². The zero-order chi connectivity index (χ0) is 20.1. The van der Waals surface area contributed by atoms with Crippen molar-refractivity contribution in [2.75, 3.05) is 0 Å². The van der Waals surface area contributed by atoms with E-state index in [1.165, 1.54) is 19.1 Å². The molecule has 0 bridgehead atoms. The quantitative estimate of drug-likeness (QED) is 0.538. The van der Waals surface area contributed by atoms with Crippen LogP contribution in [0.5, 0.6) is 0 Å². The van der Waals surface area contributed by atoms with E-state index in [1.807, 2.05) is 30.3 Å². The maximum Gasteiger partial charge on any atom is 0.416 e. The first-order valence-corrected chi connectivity index (χ1v) is 8.17. The number of alkyl halides is 3. The number of hydrogen-bond acceptors (Lipinski definition) is 5. The summed E-state index contributed by atoms with van der Waals surface area (Å²) < 4.78 is 38.3. The SMILES string of the molecule is C/C(=N\NC(=O)Cn1nnc(-c2ccccc2)n1)c1cccc(C(F)(F)F)c1. The fraction of sp³-hybridized carbons (Fsp3) is 0.167. The molecule has 0 spiro atoms. The number of hydrazone groups is 1. The van der Waals surface area contributed by atoms with Crippen LogP contribution in [0.15, 0.2) is 59.7 Å². The number of aromatic nitrogens is 4. The first kappa shape index (κ1) is 19.2. The average molecular weight is 388 g/mol. The standard InChI is InChI=1S/C18H15F3N6O/c1-12(14-8-5-9-15(10-14)18(19,20)21)22-23-16(28)11-27-25-17(24-26-27)13-6-3-2-4-7-13/h2-10H,11H2,1H3,(H,23,28)/b22-12+. The predicted molar refractivity (Wildman–Crippen MR) is 95.1 cm³/mol. The number of hydrogen-bond donors (Lipinski definition) is 1. The van der Waals surface area contributed by atoms with Crippen molar-refractivity contribution in [2.24, 2.45) is 5.10 Å². The summed E-state index contributed by atoms with van der Waals surface area (Å²) in [5.74, 6) is -0.166. The summed E-state index contributed by atoms with van der Waals surface area (Å²) in [6.07, 6.45) is -4.45. The van der Waals surface area contributed by atoms with Crippen molar-refractivity contribution in [3.8, 4) is 11.4 Å². The molecule has 0 saturated carbocycles. The zero-order valence-corrected chi connectivity index (χ0v) is 14.7. The van der Waals surface area contributed by atoms with Crippen LogP contribution < -0.4 is 5.43 Å². The fourth-order valence-corrected chi connectivity index (χ4v) is 2.31. The van der Waals surface area contributed by atoms with Gasteiger partial charge in [-0.2, -0.15) is 23.1 Å². The van der Waals surface area contributed by atoms with Crippen molar-refractivity contribution >= 4 is 11.6 Å². The number of halogens is 3. The molecule has 28 heavy (non-hydrogen) atoms. The molecular weight excluding hydrogens is 373 g/mol. The molecule has 1 N–H and O–H groups in total. The smallest absolute Gasteiger partial charge is 0.271 e. The van der Waals surface area contributed by atoms with Crippen LogP contribution in [0.4, 0.5) is 13.2 Å². The third kappa shape index (κ3) is 4.78.